The molecule has 1 aliphatic rings. The van der Waals surface area contributed by atoms with E-state index in [0.717, 1.165) is 6.42 Å². The summed E-state index contributed by atoms with van der Waals surface area (Å²) >= 11 is 0. The normalized spacial score (nSPS) is 18.6. The maximum Gasteiger partial charge on any atom is -0.00408 e. The Hall–Kier alpha value is -1.30. The van der Waals surface area contributed by atoms with Crippen molar-refractivity contribution in [2.24, 2.45) is 0 Å². The molecule has 99 valence electrons. The van der Waals surface area contributed by atoms with Gasteiger partial charge in [0.1, 0.15) is 0 Å². The van der Waals surface area contributed by atoms with Crippen LogP contribution in [-0.2, 0) is 5.41 Å². The molecule has 0 spiro atoms. The zero-order chi connectivity index (χ0) is 13.1. The molecule has 1 aliphatic carbocycles. The van der Waals surface area contributed by atoms with Crippen molar-refractivity contribution >= 4 is 10.8 Å². The van der Waals surface area contributed by atoms with E-state index >= 15 is 0 Å². The summed E-state index contributed by atoms with van der Waals surface area (Å²) < 4.78 is 0. The van der Waals surface area contributed by atoms with E-state index in [2.05, 4.69) is 49.4 Å². The van der Waals surface area contributed by atoms with E-state index in [9.17, 15) is 0 Å². The Labute approximate surface area is 116 Å². The molecule has 2 aromatic rings. The Morgan fingerprint density at radius 2 is 1.63 bits per heavy atom. The Morgan fingerprint density at radius 3 is 2.42 bits per heavy atom. The van der Waals surface area contributed by atoms with Crippen molar-refractivity contribution in [3.8, 4) is 0 Å². The fraction of sp³-hybridized carbons (Fsp3) is 0.421. The van der Waals surface area contributed by atoms with Gasteiger partial charge in [0, 0.05) is 0 Å². The predicted molar refractivity (Wildman–Crippen MR) is 83.3 cm³/mol. The number of benzene rings is 2. The lowest BCUT2D eigenvalue weighted by molar-refractivity contribution is 0.277. The van der Waals surface area contributed by atoms with Crippen LogP contribution in [0.3, 0.4) is 0 Å². The maximum absolute atomic E-state index is 4.13. The van der Waals surface area contributed by atoms with Crippen LogP contribution in [0.1, 0.15) is 50.5 Å². The summed E-state index contributed by atoms with van der Waals surface area (Å²) in [6.07, 6.45) is 9.13. The Kier molecular flexibility index (Phi) is 3.59. The Morgan fingerprint density at radius 1 is 0.895 bits per heavy atom. The summed E-state index contributed by atoms with van der Waals surface area (Å²) in [7, 11) is 0. The molecule has 0 aliphatic heterocycles. The molecular weight excluding hydrogens is 228 g/mol. The number of hydrogen-bond donors (Lipinski definition) is 0. The van der Waals surface area contributed by atoms with E-state index < -0.39 is 0 Å². The van der Waals surface area contributed by atoms with Crippen LogP contribution >= 0.6 is 0 Å². The molecule has 1 saturated carbocycles. The summed E-state index contributed by atoms with van der Waals surface area (Å²) in [5.41, 5.74) is 1.97. The second-order valence-electron chi connectivity index (χ2n) is 5.97. The third-order valence-electron chi connectivity index (χ3n) is 4.83. The van der Waals surface area contributed by atoms with Crippen molar-refractivity contribution < 1.29 is 0 Å². The second-order valence-corrected chi connectivity index (χ2v) is 5.97. The fourth-order valence-corrected chi connectivity index (χ4v) is 3.91. The molecule has 0 heterocycles. The largest absolute Gasteiger partial charge is 0.0616 e. The molecule has 19 heavy (non-hydrogen) atoms. The molecule has 0 bridgehead atoms. The van der Waals surface area contributed by atoms with Gasteiger partial charge in [-0.05, 0) is 41.0 Å². The molecular formula is C19H23. The van der Waals surface area contributed by atoms with Gasteiger partial charge in [-0.2, -0.15) is 0 Å². The van der Waals surface area contributed by atoms with Gasteiger partial charge in [0.2, 0.25) is 0 Å². The highest BCUT2D eigenvalue weighted by molar-refractivity contribution is 5.86. The molecule has 0 amide bonds. The highest BCUT2D eigenvalue weighted by Crippen LogP contribution is 2.45. The second kappa shape index (κ2) is 5.36. The van der Waals surface area contributed by atoms with Crippen LogP contribution in [-0.4, -0.2) is 0 Å². The first-order valence-electron chi connectivity index (χ1n) is 7.63. The molecule has 0 aromatic heterocycles. The van der Waals surface area contributed by atoms with E-state index in [-0.39, 0.29) is 0 Å². The molecule has 1 radical (unpaired) electrons. The third kappa shape index (κ3) is 2.29. The minimum absolute atomic E-state index is 0.390. The monoisotopic (exact) mass is 251 g/mol. The molecule has 2 aromatic carbocycles. The highest BCUT2D eigenvalue weighted by atomic mass is 14.4. The van der Waals surface area contributed by atoms with E-state index in [1.54, 1.807) is 5.56 Å². The Bertz CT molecular complexity index is 536. The van der Waals surface area contributed by atoms with Gasteiger partial charge in [0.25, 0.3) is 0 Å². The smallest absolute Gasteiger partial charge is 0.00408 e. The van der Waals surface area contributed by atoms with Crippen LogP contribution in [0.15, 0.2) is 42.5 Å². The average molecular weight is 251 g/mol. The van der Waals surface area contributed by atoms with Crippen molar-refractivity contribution in [3.63, 3.8) is 0 Å². The zero-order valence-corrected chi connectivity index (χ0v) is 11.7. The lowest BCUT2D eigenvalue weighted by atomic mass is 9.66. The lowest BCUT2D eigenvalue weighted by Crippen LogP contribution is -2.29. The van der Waals surface area contributed by atoms with Gasteiger partial charge in [-0.3, -0.25) is 0 Å². The summed E-state index contributed by atoms with van der Waals surface area (Å²) in [6, 6.07) is 15.7. The van der Waals surface area contributed by atoms with Crippen LogP contribution in [0.5, 0.6) is 0 Å². The van der Waals surface area contributed by atoms with Gasteiger partial charge in [0.05, 0.1) is 0 Å². The summed E-state index contributed by atoms with van der Waals surface area (Å²) in [5.74, 6) is 0. The summed E-state index contributed by atoms with van der Waals surface area (Å²) in [5, 5.41) is 2.84. The molecule has 3 rings (SSSR count). The van der Waals surface area contributed by atoms with E-state index in [1.807, 2.05) is 0 Å². The number of fused-ring (bicyclic) bond motifs is 1. The molecule has 0 heteroatoms. The summed E-state index contributed by atoms with van der Waals surface area (Å²) in [4.78, 5) is 0. The predicted octanol–water partition coefficient (Wildman–Crippen LogP) is 5.66. The van der Waals surface area contributed by atoms with E-state index in [0.29, 0.717) is 5.41 Å². The first-order chi connectivity index (χ1) is 9.36. The maximum atomic E-state index is 4.13. The van der Waals surface area contributed by atoms with Crippen molar-refractivity contribution in [1.82, 2.24) is 0 Å². The quantitative estimate of drug-likeness (QED) is 0.660. The third-order valence-corrected chi connectivity index (χ3v) is 4.83. The van der Waals surface area contributed by atoms with Crippen molar-refractivity contribution in [3.05, 3.63) is 55.0 Å². The summed E-state index contributed by atoms with van der Waals surface area (Å²) in [6.45, 7) is 4.13. The van der Waals surface area contributed by atoms with Gasteiger partial charge >= 0.3 is 0 Å². The van der Waals surface area contributed by atoms with E-state index in [4.69, 9.17) is 0 Å². The number of hydrogen-bond acceptors (Lipinski definition) is 0. The van der Waals surface area contributed by atoms with E-state index in [1.165, 1.54) is 49.3 Å². The lowest BCUT2D eigenvalue weighted by Gasteiger charge is -2.38. The SMILES string of the molecule is [CH2]CCC1(c2cccc3ccccc23)CCCCC1. The topological polar surface area (TPSA) is 0 Å². The molecule has 0 atom stereocenters. The van der Waals surface area contributed by atoms with Crippen molar-refractivity contribution in [1.29, 1.82) is 0 Å². The van der Waals surface area contributed by atoms with Crippen LogP contribution in [0.25, 0.3) is 10.8 Å². The molecule has 0 saturated heterocycles. The molecule has 0 nitrogen and oxygen atoms in total. The van der Waals surface area contributed by atoms with Crippen LogP contribution in [0.4, 0.5) is 0 Å². The van der Waals surface area contributed by atoms with Gasteiger partial charge in [-0.1, -0.05) is 75.1 Å². The molecule has 0 unspecified atom stereocenters. The minimum Gasteiger partial charge on any atom is -0.0616 e. The first kappa shape index (κ1) is 12.7. The van der Waals surface area contributed by atoms with Crippen molar-refractivity contribution in [2.75, 3.05) is 0 Å². The highest BCUT2D eigenvalue weighted by Gasteiger charge is 2.33. The van der Waals surface area contributed by atoms with Crippen LogP contribution in [0, 0.1) is 6.92 Å². The van der Waals surface area contributed by atoms with Crippen LogP contribution < -0.4 is 0 Å². The van der Waals surface area contributed by atoms with Gasteiger partial charge in [-0.25, -0.2) is 0 Å². The number of rotatable bonds is 3. The zero-order valence-electron chi connectivity index (χ0n) is 11.7. The molecule has 1 fully saturated rings. The van der Waals surface area contributed by atoms with Gasteiger partial charge in [-0.15, -0.1) is 0 Å². The standard InChI is InChI=1S/C19H23/c1-2-13-19(14-6-3-7-15-19)18-12-8-10-16-9-4-5-11-17(16)18/h4-5,8-12H,1-3,6-7,13-15H2. The average Bonchev–Trinajstić information content (AvgIpc) is 2.48. The Balaban J connectivity index is 2.14. The first-order valence-corrected chi connectivity index (χ1v) is 7.63. The molecule has 0 N–H and O–H groups in total. The fourth-order valence-electron chi connectivity index (χ4n) is 3.91. The van der Waals surface area contributed by atoms with Gasteiger partial charge < -0.3 is 0 Å². The van der Waals surface area contributed by atoms with Crippen molar-refractivity contribution in [2.45, 2.75) is 50.4 Å². The van der Waals surface area contributed by atoms with Gasteiger partial charge in [0.15, 0.2) is 0 Å². The minimum atomic E-state index is 0.390. The van der Waals surface area contributed by atoms with Crippen LogP contribution in [0.2, 0.25) is 0 Å².